The van der Waals surface area contributed by atoms with Gasteiger partial charge in [-0.2, -0.15) is 4.98 Å². The van der Waals surface area contributed by atoms with Crippen LogP contribution in [0.15, 0.2) is 42.6 Å². The third-order valence-corrected chi connectivity index (χ3v) is 5.63. The molecule has 0 radical (unpaired) electrons. The van der Waals surface area contributed by atoms with Crippen molar-refractivity contribution in [3.8, 4) is 11.5 Å². The first-order chi connectivity index (χ1) is 17.4. The Balaban J connectivity index is 1.82. The molecular weight excluding hydrogens is 522 g/mol. The molecule has 0 unspecified atom stereocenters. The maximum Gasteiger partial charge on any atom is 0.344 e. The first-order valence-corrected chi connectivity index (χ1v) is 13.4. The Morgan fingerprint density at radius 1 is 1.11 bits per heavy atom. The lowest BCUT2D eigenvalue weighted by Gasteiger charge is -2.16. The van der Waals surface area contributed by atoms with Crippen LogP contribution in [-0.2, 0) is 19.6 Å². The van der Waals surface area contributed by atoms with Crippen molar-refractivity contribution in [1.29, 1.82) is 0 Å². The predicted molar refractivity (Wildman–Crippen MR) is 143 cm³/mol. The molecule has 3 aromatic rings. The highest BCUT2D eigenvalue weighted by molar-refractivity contribution is 7.92. The molecule has 0 aliphatic heterocycles. The molecule has 11 nitrogen and oxygen atoms in total. The first-order valence-electron chi connectivity index (χ1n) is 11.1. The van der Waals surface area contributed by atoms with Crippen LogP contribution in [0.25, 0.3) is 0 Å². The fraction of sp³-hybridized carbons (Fsp3) is 0.292. The Labute approximate surface area is 220 Å². The van der Waals surface area contributed by atoms with Gasteiger partial charge in [0.25, 0.3) is 0 Å². The fourth-order valence-corrected chi connectivity index (χ4v) is 3.85. The number of sulfonamides is 1. The zero-order valence-corrected chi connectivity index (χ0v) is 22.5. The average Bonchev–Trinajstić information content (AvgIpc) is 2.81. The fourth-order valence-electron chi connectivity index (χ4n) is 3.15. The van der Waals surface area contributed by atoms with Gasteiger partial charge in [-0.05, 0) is 45.0 Å². The topological polar surface area (TPSA) is 141 Å². The standard InChI is InChI=1S/C24H28ClN5O6S/c1-14(2)36-22(31)13-35-21-8-6-7-18(15(21)3)28-24-26-12-17(25)23(29-24)27-19-10-9-16(34-4)11-20(19)30-37(5,32)33/h6-12,14,30H,13H2,1-5H3,(H2,26,27,28,29). The molecule has 0 spiro atoms. The highest BCUT2D eigenvalue weighted by atomic mass is 35.5. The van der Waals surface area contributed by atoms with Crippen LogP contribution in [0, 0.1) is 6.92 Å². The number of esters is 1. The number of methoxy groups -OCH3 is 1. The average molecular weight is 550 g/mol. The van der Waals surface area contributed by atoms with E-state index < -0.39 is 16.0 Å². The summed E-state index contributed by atoms with van der Waals surface area (Å²) in [5, 5.41) is 6.35. The molecule has 3 N–H and O–H groups in total. The molecule has 0 amide bonds. The highest BCUT2D eigenvalue weighted by Gasteiger charge is 2.14. The van der Waals surface area contributed by atoms with Gasteiger partial charge in [-0.25, -0.2) is 18.2 Å². The van der Waals surface area contributed by atoms with Crippen LogP contribution in [0.2, 0.25) is 5.02 Å². The molecule has 0 saturated carbocycles. The van der Waals surface area contributed by atoms with Crippen molar-refractivity contribution in [1.82, 2.24) is 9.97 Å². The Morgan fingerprint density at radius 2 is 1.86 bits per heavy atom. The maximum atomic E-state index is 11.8. The van der Waals surface area contributed by atoms with E-state index in [1.165, 1.54) is 19.4 Å². The summed E-state index contributed by atoms with van der Waals surface area (Å²) in [5.74, 6) is 0.947. The molecule has 198 valence electrons. The van der Waals surface area contributed by atoms with E-state index in [9.17, 15) is 13.2 Å². The smallest absolute Gasteiger partial charge is 0.344 e. The molecule has 1 aromatic heterocycles. The summed E-state index contributed by atoms with van der Waals surface area (Å²) in [6.45, 7) is 5.13. The van der Waals surface area contributed by atoms with Gasteiger partial charge in [0.15, 0.2) is 12.4 Å². The van der Waals surface area contributed by atoms with E-state index in [4.69, 9.17) is 25.8 Å². The SMILES string of the molecule is COc1ccc(Nc2nc(Nc3cccc(OCC(=O)OC(C)C)c3C)ncc2Cl)c(NS(C)(=O)=O)c1. The molecule has 0 aliphatic rings. The lowest BCUT2D eigenvalue weighted by atomic mass is 10.2. The van der Waals surface area contributed by atoms with Gasteiger partial charge in [-0.15, -0.1) is 0 Å². The summed E-state index contributed by atoms with van der Waals surface area (Å²) >= 11 is 6.31. The Kier molecular flexibility index (Phi) is 9.00. The van der Waals surface area contributed by atoms with Gasteiger partial charge in [0.1, 0.15) is 16.5 Å². The molecule has 13 heteroatoms. The molecule has 1 heterocycles. The Bertz CT molecular complexity index is 1380. The predicted octanol–water partition coefficient (Wildman–Crippen LogP) is 4.64. The van der Waals surface area contributed by atoms with Crippen LogP contribution in [0.3, 0.4) is 0 Å². The number of hydrogen-bond acceptors (Lipinski definition) is 10. The highest BCUT2D eigenvalue weighted by Crippen LogP contribution is 2.33. The van der Waals surface area contributed by atoms with E-state index in [-0.39, 0.29) is 35.2 Å². The van der Waals surface area contributed by atoms with Gasteiger partial charge in [-0.1, -0.05) is 17.7 Å². The number of ether oxygens (including phenoxy) is 3. The Morgan fingerprint density at radius 3 is 2.54 bits per heavy atom. The number of aromatic nitrogens is 2. The van der Waals surface area contributed by atoms with Gasteiger partial charge in [-0.3, -0.25) is 4.72 Å². The van der Waals surface area contributed by atoms with Gasteiger partial charge >= 0.3 is 5.97 Å². The van der Waals surface area contributed by atoms with E-state index in [1.807, 2.05) is 6.92 Å². The molecule has 0 fully saturated rings. The van der Waals surface area contributed by atoms with Crippen LogP contribution in [0.5, 0.6) is 11.5 Å². The minimum Gasteiger partial charge on any atom is -0.497 e. The summed E-state index contributed by atoms with van der Waals surface area (Å²) in [6, 6.07) is 10.1. The molecule has 3 rings (SSSR count). The van der Waals surface area contributed by atoms with Crippen LogP contribution in [0.1, 0.15) is 19.4 Å². The van der Waals surface area contributed by atoms with Crippen LogP contribution >= 0.6 is 11.6 Å². The maximum absolute atomic E-state index is 11.8. The molecule has 0 saturated heterocycles. The molecule has 37 heavy (non-hydrogen) atoms. The summed E-state index contributed by atoms with van der Waals surface area (Å²) in [7, 11) is -2.09. The van der Waals surface area contributed by atoms with E-state index in [0.29, 0.717) is 22.9 Å². The number of hydrogen-bond donors (Lipinski definition) is 3. The number of carbonyl (C=O) groups excluding carboxylic acids is 1. The van der Waals surface area contributed by atoms with Crippen LogP contribution < -0.4 is 24.8 Å². The first kappa shape index (κ1) is 27.8. The summed E-state index contributed by atoms with van der Waals surface area (Å²) in [5.41, 5.74) is 2.02. The quantitative estimate of drug-likeness (QED) is 0.290. The molecule has 2 aromatic carbocycles. The summed E-state index contributed by atoms with van der Waals surface area (Å²) in [4.78, 5) is 20.5. The van der Waals surface area contributed by atoms with Gasteiger partial charge < -0.3 is 24.8 Å². The van der Waals surface area contributed by atoms with Crippen LogP contribution in [0.4, 0.5) is 28.8 Å². The normalized spacial score (nSPS) is 11.1. The van der Waals surface area contributed by atoms with Gasteiger partial charge in [0, 0.05) is 17.3 Å². The van der Waals surface area contributed by atoms with E-state index in [0.717, 1.165) is 11.8 Å². The second-order valence-corrected chi connectivity index (χ2v) is 10.3. The second-order valence-electron chi connectivity index (χ2n) is 8.18. The third kappa shape index (κ3) is 8.12. The van der Waals surface area contributed by atoms with E-state index in [2.05, 4.69) is 25.3 Å². The van der Waals surface area contributed by atoms with Gasteiger partial charge in [0.05, 0.1) is 37.0 Å². The molecular formula is C24H28ClN5O6S. The second kappa shape index (κ2) is 12.0. The number of carbonyl (C=O) groups is 1. The van der Waals surface area contributed by atoms with E-state index in [1.54, 1.807) is 44.2 Å². The lowest BCUT2D eigenvalue weighted by molar-refractivity contribution is -0.149. The minimum absolute atomic E-state index is 0.212. The number of halogens is 1. The zero-order chi connectivity index (χ0) is 27.2. The third-order valence-electron chi connectivity index (χ3n) is 4.76. The van der Waals surface area contributed by atoms with Crippen molar-refractivity contribution in [2.24, 2.45) is 0 Å². The van der Waals surface area contributed by atoms with Crippen molar-refractivity contribution in [2.45, 2.75) is 26.9 Å². The molecule has 0 atom stereocenters. The van der Waals surface area contributed by atoms with Gasteiger partial charge in [0.2, 0.25) is 16.0 Å². The lowest BCUT2D eigenvalue weighted by Crippen LogP contribution is -2.19. The molecule has 0 aliphatic carbocycles. The molecule has 0 bridgehead atoms. The minimum atomic E-state index is -3.57. The number of benzene rings is 2. The van der Waals surface area contributed by atoms with Crippen LogP contribution in [-0.4, -0.2) is 50.4 Å². The zero-order valence-electron chi connectivity index (χ0n) is 21.0. The number of nitrogens with zero attached hydrogens (tertiary/aromatic N) is 2. The van der Waals surface area contributed by atoms with Crippen molar-refractivity contribution < 1.29 is 27.4 Å². The summed E-state index contributed by atoms with van der Waals surface area (Å²) < 4.78 is 42.0. The monoisotopic (exact) mass is 549 g/mol. The van der Waals surface area contributed by atoms with Crippen molar-refractivity contribution in [2.75, 3.05) is 35.3 Å². The Hall–Kier alpha value is -3.77. The van der Waals surface area contributed by atoms with Crippen molar-refractivity contribution in [3.05, 3.63) is 53.2 Å². The van der Waals surface area contributed by atoms with Crippen molar-refractivity contribution >= 4 is 56.4 Å². The largest absolute Gasteiger partial charge is 0.497 e. The number of nitrogens with one attached hydrogen (secondary N) is 3. The number of anilines is 5. The van der Waals surface area contributed by atoms with E-state index >= 15 is 0 Å². The number of rotatable bonds is 11. The summed E-state index contributed by atoms with van der Waals surface area (Å²) in [6.07, 6.45) is 2.22. The van der Waals surface area contributed by atoms with Crippen molar-refractivity contribution in [3.63, 3.8) is 0 Å².